The Morgan fingerprint density at radius 1 is 1.35 bits per heavy atom. The van der Waals surface area contributed by atoms with Gasteiger partial charge in [0, 0.05) is 31.3 Å². The van der Waals surface area contributed by atoms with E-state index in [1.54, 1.807) is 6.20 Å². The average molecular weight is 274 g/mol. The van der Waals surface area contributed by atoms with Gasteiger partial charge in [0.1, 0.15) is 0 Å². The van der Waals surface area contributed by atoms with Crippen LogP contribution in [0.2, 0.25) is 0 Å². The number of likely N-dealkylation sites (N-methyl/N-ethyl adjacent to an activating group) is 1. The maximum Gasteiger partial charge on any atom is 0.228 e. The van der Waals surface area contributed by atoms with Crippen molar-refractivity contribution in [2.24, 2.45) is 5.92 Å². The van der Waals surface area contributed by atoms with Gasteiger partial charge < -0.3 is 9.84 Å². The van der Waals surface area contributed by atoms with Gasteiger partial charge in [0.15, 0.2) is 5.82 Å². The molecule has 20 heavy (non-hydrogen) atoms. The fraction of sp³-hybridized carbons (Fsp3) is 0.533. The minimum atomic E-state index is 0.377. The molecule has 2 aromatic rings. The molecule has 0 spiro atoms. The highest BCUT2D eigenvalue weighted by Gasteiger charge is 2.14. The average Bonchev–Trinajstić information content (AvgIpc) is 2.86. The first-order chi connectivity index (χ1) is 9.67. The van der Waals surface area contributed by atoms with E-state index < -0.39 is 0 Å². The number of pyridine rings is 1. The highest BCUT2D eigenvalue weighted by molar-refractivity contribution is 5.13. The number of aromatic nitrogens is 3. The molecule has 0 fully saturated rings. The predicted molar refractivity (Wildman–Crippen MR) is 77.3 cm³/mol. The van der Waals surface area contributed by atoms with Gasteiger partial charge in [-0.05, 0) is 31.0 Å². The zero-order valence-electron chi connectivity index (χ0n) is 12.3. The van der Waals surface area contributed by atoms with Crippen molar-refractivity contribution < 1.29 is 4.52 Å². The Balaban J connectivity index is 1.95. The Morgan fingerprint density at radius 3 is 2.85 bits per heavy atom. The summed E-state index contributed by atoms with van der Waals surface area (Å²) < 4.78 is 5.33. The molecule has 1 N–H and O–H groups in total. The lowest BCUT2D eigenvalue weighted by Gasteiger charge is -2.15. The molecule has 2 heterocycles. The van der Waals surface area contributed by atoms with Gasteiger partial charge in [0.25, 0.3) is 0 Å². The SMILES string of the molecule is CNC(Cc1nc(Cc2cccnc2)no1)CC(C)C. The van der Waals surface area contributed by atoms with Crippen molar-refractivity contribution >= 4 is 0 Å². The zero-order valence-corrected chi connectivity index (χ0v) is 12.3. The van der Waals surface area contributed by atoms with Crippen LogP contribution in [-0.2, 0) is 12.8 Å². The first-order valence-corrected chi connectivity index (χ1v) is 7.05. The second-order valence-corrected chi connectivity index (χ2v) is 5.46. The molecule has 0 aliphatic carbocycles. The summed E-state index contributed by atoms with van der Waals surface area (Å²) in [4.78, 5) is 8.54. The molecular formula is C15H22N4O. The molecule has 5 nitrogen and oxygen atoms in total. The van der Waals surface area contributed by atoms with Gasteiger partial charge in [-0.25, -0.2) is 0 Å². The number of nitrogens with one attached hydrogen (secondary N) is 1. The van der Waals surface area contributed by atoms with Gasteiger partial charge in [0.05, 0.1) is 0 Å². The van der Waals surface area contributed by atoms with Crippen molar-refractivity contribution in [3.05, 3.63) is 41.8 Å². The summed E-state index contributed by atoms with van der Waals surface area (Å²) in [5.41, 5.74) is 1.09. The summed E-state index contributed by atoms with van der Waals surface area (Å²) in [7, 11) is 1.97. The first-order valence-electron chi connectivity index (χ1n) is 7.05. The molecule has 0 bridgehead atoms. The summed E-state index contributed by atoms with van der Waals surface area (Å²) in [5, 5.41) is 7.34. The van der Waals surface area contributed by atoms with Crippen LogP contribution in [-0.4, -0.2) is 28.2 Å². The zero-order chi connectivity index (χ0) is 14.4. The predicted octanol–water partition coefficient (Wildman–Crippen LogP) is 2.23. The minimum absolute atomic E-state index is 0.377. The summed E-state index contributed by atoms with van der Waals surface area (Å²) in [6.45, 7) is 4.43. The maximum atomic E-state index is 5.33. The van der Waals surface area contributed by atoms with E-state index >= 15 is 0 Å². The molecule has 0 aliphatic rings. The molecule has 1 unspecified atom stereocenters. The van der Waals surface area contributed by atoms with Crippen LogP contribution in [0.5, 0.6) is 0 Å². The van der Waals surface area contributed by atoms with Gasteiger partial charge in [0.2, 0.25) is 5.89 Å². The van der Waals surface area contributed by atoms with E-state index in [9.17, 15) is 0 Å². The van der Waals surface area contributed by atoms with Crippen LogP contribution in [0.4, 0.5) is 0 Å². The van der Waals surface area contributed by atoms with Gasteiger partial charge in [-0.1, -0.05) is 25.1 Å². The van der Waals surface area contributed by atoms with Crippen molar-refractivity contribution in [2.75, 3.05) is 7.05 Å². The molecule has 0 aromatic carbocycles. The Morgan fingerprint density at radius 2 is 2.20 bits per heavy atom. The molecule has 5 heteroatoms. The Kier molecular flexibility index (Phi) is 5.24. The third-order valence-corrected chi connectivity index (χ3v) is 3.18. The number of rotatable bonds is 7. The van der Waals surface area contributed by atoms with Crippen LogP contribution in [0.3, 0.4) is 0 Å². The highest BCUT2D eigenvalue weighted by Crippen LogP contribution is 2.11. The van der Waals surface area contributed by atoms with Crippen LogP contribution in [0.25, 0.3) is 0 Å². The van der Waals surface area contributed by atoms with Gasteiger partial charge in [-0.3, -0.25) is 4.98 Å². The van der Waals surface area contributed by atoms with Crippen molar-refractivity contribution in [2.45, 2.75) is 39.2 Å². The number of hydrogen-bond donors (Lipinski definition) is 1. The largest absolute Gasteiger partial charge is 0.339 e. The number of hydrogen-bond acceptors (Lipinski definition) is 5. The summed E-state index contributed by atoms with van der Waals surface area (Å²) in [6.07, 6.45) is 6.11. The smallest absolute Gasteiger partial charge is 0.228 e. The lowest BCUT2D eigenvalue weighted by Crippen LogP contribution is -2.29. The minimum Gasteiger partial charge on any atom is -0.339 e. The lowest BCUT2D eigenvalue weighted by molar-refractivity contribution is 0.342. The summed E-state index contributed by atoms with van der Waals surface area (Å²) in [6, 6.07) is 4.30. The molecule has 108 valence electrons. The highest BCUT2D eigenvalue weighted by atomic mass is 16.5. The molecule has 0 amide bonds. The number of nitrogens with zero attached hydrogens (tertiary/aromatic N) is 3. The molecule has 0 saturated carbocycles. The van der Waals surface area contributed by atoms with E-state index in [1.807, 2.05) is 25.4 Å². The fourth-order valence-electron chi connectivity index (χ4n) is 2.21. The van der Waals surface area contributed by atoms with Crippen LogP contribution in [0.1, 0.15) is 37.5 Å². The van der Waals surface area contributed by atoms with Crippen molar-refractivity contribution in [3.8, 4) is 0 Å². The normalized spacial score (nSPS) is 12.8. The third-order valence-electron chi connectivity index (χ3n) is 3.18. The van der Waals surface area contributed by atoms with E-state index in [0.717, 1.165) is 18.4 Å². The van der Waals surface area contributed by atoms with E-state index in [1.165, 1.54) is 0 Å². The fourth-order valence-corrected chi connectivity index (χ4v) is 2.21. The van der Waals surface area contributed by atoms with Crippen molar-refractivity contribution in [1.29, 1.82) is 0 Å². The van der Waals surface area contributed by atoms with Crippen LogP contribution in [0.15, 0.2) is 29.0 Å². The summed E-state index contributed by atoms with van der Waals surface area (Å²) >= 11 is 0. The molecule has 2 rings (SSSR count). The standard InChI is InChI=1S/C15H22N4O/c1-11(2)7-13(16-3)9-15-18-14(19-20-15)8-12-5-4-6-17-10-12/h4-6,10-11,13,16H,7-9H2,1-3H3. The van der Waals surface area contributed by atoms with E-state index in [2.05, 4.69) is 34.3 Å². The monoisotopic (exact) mass is 274 g/mol. The van der Waals surface area contributed by atoms with Gasteiger partial charge in [-0.2, -0.15) is 4.98 Å². The van der Waals surface area contributed by atoms with Gasteiger partial charge >= 0.3 is 0 Å². The lowest BCUT2D eigenvalue weighted by atomic mass is 10.0. The molecular weight excluding hydrogens is 252 g/mol. The second kappa shape index (κ2) is 7.14. The Hall–Kier alpha value is -1.75. The first kappa shape index (κ1) is 14.7. The molecule has 1 atom stereocenters. The van der Waals surface area contributed by atoms with E-state index in [0.29, 0.717) is 30.1 Å². The van der Waals surface area contributed by atoms with Crippen molar-refractivity contribution in [3.63, 3.8) is 0 Å². The topological polar surface area (TPSA) is 63.8 Å². The molecule has 0 aliphatic heterocycles. The Labute approximate surface area is 119 Å². The van der Waals surface area contributed by atoms with Crippen molar-refractivity contribution in [1.82, 2.24) is 20.4 Å². The maximum absolute atomic E-state index is 5.33. The van der Waals surface area contributed by atoms with Crippen LogP contribution >= 0.6 is 0 Å². The quantitative estimate of drug-likeness (QED) is 0.839. The van der Waals surface area contributed by atoms with Gasteiger partial charge in [-0.15, -0.1) is 0 Å². The van der Waals surface area contributed by atoms with Crippen LogP contribution < -0.4 is 5.32 Å². The molecule has 0 radical (unpaired) electrons. The second-order valence-electron chi connectivity index (χ2n) is 5.46. The van der Waals surface area contributed by atoms with E-state index in [-0.39, 0.29) is 0 Å². The third kappa shape index (κ3) is 4.42. The van der Waals surface area contributed by atoms with Crippen LogP contribution in [0, 0.1) is 5.92 Å². The molecule has 2 aromatic heterocycles. The summed E-state index contributed by atoms with van der Waals surface area (Å²) in [5.74, 6) is 2.06. The molecule has 0 saturated heterocycles. The Bertz CT molecular complexity index is 510. The van der Waals surface area contributed by atoms with E-state index in [4.69, 9.17) is 4.52 Å².